The Morgan fingerprint density at radius 3 is 2.78 bits per heavy atom. The molecule has 0 saturated heterocycles. The molecule has 0 spiro atoms. The molecular weight excluding hydrogens is 226 g/mol. The van der Waals surface area contributed by atoms with Gasteiger partial charge in [0.1, 0.15) is 0 Å². The van der Waals surface area contributed by atoms with E-state index in [1.165, 1.54) is 12.7 Å². The Bertz CT molecular complexity index is 550. The molecule has 0 atom stereocenters. The highest BCUT2D eigenvalue weighted by Gasteiger charge is 2.13. The first-order valence-electron chi connectivity index (χ1n) is 5.88. The van der Waals surface area contributed by atoms with Crippen LogP contribution in [0.3, 0.4) is 0 Å². The Balaban J connectivity index is 2.58. The number of methoxy groups -OCH3 is 1. The molecule has 0 saturated carbocycles. The van der Waals surface area contributed by atoms with E-state index in [-0.39, 0.29) is 5.97 Å². The molecule has 92 valence electrons. The molecule has 0 fully saturated rings. The highest BCUT2D eigenvalue weighted by molar-refractivity contribution is 5.97. The number of nitrogens with zero attached hydrogens (tertiary/aromatic N) is 1. The number of rotatable bonds is 3. The number of carbonyl (C=O) groups is 1. The summed E-state index contributed by atoms with van der Waals surface area (Å²) in [5, 5.41) is 0. The third-order valence-corrected chi connectivity index (χ3v) is 2.87. The van der Waals surface area contributed by atoms with Crippen LogP contribution in [-0.2, 0) is 11.2 Å². The van der Waals surface area contributed by atoms with Crippen LogP contribution in [0.1, 0.15) is 22.8 Å². The molecule has 3 nitrogen and oxygen atoms in total. The summed E-state index contributed by atoms with van der Waals surface area (Å²) < 4.78 is 4.81. The SMILES string of the molecule is CCc1ccc(C(=O)OC)c(-c2cccnc2)c1. The third-order valence-electron chi connectivity index (χ3n) is 2.87. The van der Waals surface area contributed by atoms with Crippen molar-refractivity contribution in [2.45, 2.75) is 13.3 Å². The minimum Gasteiger partial charge on any atom is -0.465 e. The van der Waals surface area contributed by atoms with Gasteiger partial charge in [-0.05, 0) is 29.7 Å². The van der Waals surface area contributed by atoms with Crippen LogP contribution in [0.4, 0.5) is 0 Å². The van der Waals surface area contributed by atoms with Gasteiger partial charge in [-0.1, -0.05) is 25.1 Å². The number of pyridine rings is 1. The molecule has 0 radical (unpaired) electrons. The van der Waals surface area contributed by atoms with Crippen LogP contribution in [0.5, 0.6) is 0 Å². The summed E-state index contributed by atoms with van der Waals surface area (Å²) in [6, 6.07) is 9.58. The normalized spacial score (nSPS) is 10.1. The average molecular weight is 241 g/mol. The Kier molecular flexibility index (Phi) is 3.72. The monoisotopic (exact) mass is 241 g/mol. The minimum absolute atomic E-state index is 0.323. The van der Waals surface area contributed by atoms with Crippen molar-refractivity contribution >= 4 is 5.97 Å². The van der Waals surface area contributed by atoms with Crippen LogP contribution in [0.25, 0.3) is 11.1 Å². The molecular formula is C15H15NO2. The first-order chi connectivity index (χ1) is 8.76. The molecule has 0 bridgehead atoms. The molecule has 0 aliphatic carbocycles. The van der Waals surface area contributed by atoms with Gasteiger partial charge in [0.2, 0.25) is 0 Å². The van der Waals surface area contributed by atoms with Gasteiger partial charge < -0.3 is 4.74 Å². The molecule has 2 rings (SSSR count). The van der Waals surface area contributed by atoms with Gasteiger partial charge in [-0.15, -0.1) is 0 Å². The van der Waals surface area contributed by atoms with E-state index in [9.17, 15) is 4.79 Å². The highest BCUT2D eigenvalue weighted by Crippen LogP contribution is 2.25. The van der Waals surface area contributed by atoms with E-state index in [1.54, 1.807) is 12.4 Å². The van der Waals surface area contributed by atoms with E-state index >= 15 is 0 Å². The molecule has 0 aliphatic heterocycles. The fraction of sp³-hybridized carbons (Fsp3) is 0.200. The smallest absolute Gasteiger partial charge is 0.338 e. The number of carbonyl (C=O) groups excluding carboxylic acids is 1. The fourth-order valence-electron chi connectivity index (χ4n) is 1.86. The van der Waals surface area contributed by atoms with E-state index in [0.29, 0.717) is 5.56 Å². The first kappa shape index (κ1) is 12.3. The lowest BCUT2D eigenvalue weighted by atomic mass is 9.97. The number of aryl methyl sites for hydroxylation is 1. The summed E-state index contributed by atoms with van der Waals surface area (Å²) >= 11 is 0. The minimum atomic E-state index is -0.323. The number of hydrogen-bond donors (Lipinski definition) is 0. The molecule has 0 unspecified atom stereocenters. The van der Waals surface area contributed by atoms with Crippen LogP contribution >= 0.6 is 0 Å². The summed E-state index contributed by atoms with van der Waals surface area (Å²) in [6.07, 6.45) is 4.39. The number of aromatic nitrogens is 1. The van der Waals surface area contributed by atoms with Gasteiger partial charge in [-0.25, -0.2) is 4.79 Å². The highest BCUT2D eigenvalue weighted by atomic mass is 16.5. The maximum Gasteiger partial charge on any atom is 0.338 e. The van der Waals surface area contributed by atoms with E-state index in [2.05, 4.69) is 11.9 Å². The molecule has 18 heavy (non-hydrogen) atoms. The average Bonchev–Trinajstić information content (AvgIpc) is 2.46. The maximum atomic E-state index is 11.8. The largest absolute Gasteiger partial charge is 0.465 e. The molecule has 1 aromatic carbocycles. The Hall–Kier alpha value is -2.16. The van der Waals surface area contributed by atoms with Crippen molar-refractivity contribution in [2.75, 3.05) is 7.11 Å². The molecule has 3 heteroatoms. The second-order valence-electron chi connectivity index (χ2n) is 3.97. The van der Waals surface area contributed by atoms with Crippen molar-refractivity contribution in [3.8, 4) is 11.1 Å². The Morgan fingerprint density at radius 2 is 2.17 bits per heavy atom. The van der Waals surface area contributed by atoms with Crippen molar-refractivity contribution in [3.05, 3.63) is 53.9 Å². The van der Waals surface area contributed by atoms with Crippen LogP contribution in [0, 0.1) is 0 Å². The van der Waals surface area contributed by atoms with Crippen molar-refractivity contribution in [3.63, 3.8) is 0 Å². The summed E-state index contributed by atoms with van der Waals surface area (Å²) in [7, 11) is 1.39. The lowest BCUT2D eigenvalue weighted by molar-refractivity contribution is 0.0601. The predicted octanol–water partition coefficient (Wildman–Crippen LogP) is 3.10. The van der Waals surface area contributed by atoms with Gasteiger partial charge in [-0.3, -0.25) is 4.98 Å². The van der Waals surface area contributed by atoms with Gasteiger partial charge in [0, 0.05) is 18.0 Å². The zero-order valence-electron chi connectivity index (χ0n) is 10.5. The van der Waals surface area contributed by atoms with Crippen molar-refractivity contribution in [1.82, 2.24) is 4.98 Å². The molecule has 0 amide bonds. The molecule has 2 aromatic rings. The van der Waals surface area contributed by atoms with Crippen molar-refractivity contribution in [1.29, 1.82) is 0 Å². The van der Waals surface area contributed by atoms with Crippen LogP contribution < -0.4 is 0 Å². The number of benzene rings is 1. The number of esters is 1. The number of ether oxygens (including phenoxy) is 1. The van der Waals surface area contributed by atoms with E-state index < -0.39 is 0 Å². The maximum absolute atomic E-state index is 11.8. The van der Waals surface area contributed by atoms with Gasteiger partial charge in [0.05, 0.1) is 12.7 Å². The topological polar surface area (TPSA) is 39.2 Å². The van der Waals surface area contributed by atoms with E-state index in [4.69, 9.17) is 4.74 Å². The molecule has 0 aliphatic rings. The second-order valence-corrected chi connectivity index (χ2v) is 3.97. The lowest BCUT2D eigenvalue weighted by Crippen LogP contribution is -2.04. The summed E-state index contributed by atoms with van der Waals surface area (Å²) in [6.45, 7) is 2.08. The predicted molar refractivity (Wildman–Crippen MR) is 70.4 cm³/mol. The first-order valence-corrected chi connectivity index (χ1v) is 5.88. The van der Waals surface area contributed by atoms with Gasteiger partial charge >= 0.3 is 5.97 Å². The molecule has 1 aromatic heterocycles. The number of hydrogen-bond acceptors (Lipinski definition) is 3. The molecule has 1 heterocycles. The Labute approximate surface area is 106 Å². The van der Waals surface area contributed by atoms with Crippen LogP contribution in [0.15, 0.2) is 42.7 Å². The summed E-state index contributed by atoms with van der Waals surface area (Å²) in [4.78, 5) is 15.9. The lowest BCUT2D eigenvalue weighted by Gasteiger charge is -2.09. The second kappa shape index (κ2) is 5.45. The van der Waals surface area contributed by atoms with Crippen molar-refractivity contribution in [2.24, 2.45) is 0 Å². The van der Waals surface area contributed by atoms with Crippen LogP contribution in [0.2, 0.25) is 0 Å². The van der Waals surface area contributed by atoms with Crippen molar-refractivity contribution < 1.29 is 9.53 Å². The van der Waals surface area contributed by atoms with E-state index in [1.807, 2.05) is 30.3 Å². The zero-order valence-corrected chi connectivity index (χ0v) is 10.5. The van der Waals surface area contributed by atoms with Gasteiger partial charge in [-0.2, -0.15) is 0 Å². The Morgan fingerprint density at radius 1 is 1.33 bits per heavy atom. The quantitative estimate of drug-likeness (QED) is 0.775. The van der Waals surface area contributed by atoms with E-state index in [0.717, 1.165) is 17.5 Å². The molecule has 0 N–H and O–H groups in total. The fourth-order valence-corrected chi connectivity index (χ4v) is 1.86. The zero-order chi connectivity index (χ0) is 13.0. The van der Waals surface area contributed by atoms with Crippen LogP contribution in [-0.4, -0.2) is 18.1 Å². The third kappa shape index (κ3) is 2.40. The summed E-state index contributed by atoms with van der Waals surface area (Å²) in [5.41, 5.74) is 3.55. The van der Waals surface area contributed by atoms with Gasteiger partial charge in [0.15, 0.2) is 0 Å². The van der Waals surface area contributed by atoms with Gasteiger partial charge in [0.25, 0.3) is 0 Å². The standard InChI is InChI=1S/C15H15NO2/c1-3-11-6-7-13(15(17)18-2)14(9-11)12-5-4-8-16-10-12/h4-10H,3H2,1-2H3. The summed E-state index contributed by atoms with van der Waals surface area (Å²) in [5.74, 6) is -0.323.